The first-order valence-corrected chi connectivity index (χ1v) is 12.6. The molecule has 1 spiro atoms. The smallest absolute Gasteiger partial charge is 0.145 e. The molecule has 1 aliphatic carbocycles. The average molecular weight is 511 g/mol. The molecule has 0 radical (unpaired) electrons. The first-order chi connectivity index (χ1) is 17.3. The third-order valence-corrected chi connectivity index (χ3v) is 8.16. The lowest BCUT2D eigenvalue weighted by atomic mass is 9.65. The normalized spacial score (nSPS) is 16.8. The Hall–Kier alpha value is -3.95. The highest BCUT2D eigenvalue weighted by atomic mass is 79.9. The van der Waals surface area contributed by atoms with Crippen molar-refractivity contribution in [2.45, 2.75) is 5.41 Å². The number of hydrogen-bond donors (Lipinski definition) is 0. The minimum atomic E-state index is -0.407. The first kappa shape index (κ1) is 19.4. The third-order valence-electron chi connectivity index (χ3n) is 7.67. The maximum Gasteiger partial charge on any atom is 0.145 e. The summed E-state index contributed by atoms with van der Waals surface area (Å²) in [6.07, 6.45) is 0. The van der Waals surface area contributed by atoms with Gasteiger partial charge in [0.1, 0.15) is 5.82 Å². The van der Waals surface area contributed by atoms with Crippen molar-refractivity contribution >= 4 is 27.0 Å². The molecule has 164 valence electrons. The highest BCUT2D eigenvalue weighted by Gasteiger charge is 2.50. The zero-order chi connectivity index (χ0) is 23.1. The summed E-state index contributed by atoms with van der Waals surface area (Å²) in [4.78, 5) is 5.19. The lowest BCUT2D eigenvalue weighted by molar-refractivity contribution is 0.745. The zero-order valence-corrected chi connectivity index (χ0v) is 20.3. The Morgan fingerprint density at radius 2 is 1.31 bits per heavy atom. The van der Waals surface area contributed by atoms with Crippen LogP contribution in [0, 0.1) is 0 Å². The Bertz CT molecular complexity index is 1820. The molecule has 2 aliphatic rings. The first-order valence-electron chi connectivity index (χ1n) is 11.9. The molecule has 2 heterocycles. The zero-order valence-electron chi connectivity index (χ0n) is 18.7. The van der Waals surface area contributed by atoms with Crippen LogP contribution < -0.4 is 0 Å². The van der Waals surface area contributed by atoms with Crippen LogP contribution in [0.5, 0.6) is 0 Å². The summed E-state index contributed by atoms with van der Waals surface area (Å²) < 4.78 is 3.47. The van der Waals surface area contributed by atoms with Crippen molar-refractivity contribution in [1.82, 2.24) is 9.55 Å². The van der Waals surface area contributed by atoms with Crippen LogP contribution >= 0.6 is 15.9 Å². The molecule has 1 aromatic heterocycles. The van der Waals surface area contributed by atoms with Gasteiger partial charge in [-0.1, -0.05) is 107 Å². The van der Waals surface area contributed by atoms with Gasteiger partial charge in [-0.25, -0.2) is 4.98 Å². The summed E-state index contributed by atoms with van der Waals surface area (Å²) in [7, 11) is 0. The summed E-state index contributed by atoms with van der Waals surface area (Å²) in [5, 5.41) is 0. The molecular weight excluding hydrogens is 492 g/mol. The van der Waals surface area contributed by atoms with E-state index in [-0.39, 0.29) is 0 Å². The number of halogens is 1. The van der Waals surface area contributed by atoms with E-state index >= 15 is 0 Å². The Balaban J connectivity index is 1.62. The van der Waals surface area contributed by atoms with Crippen molar-refractivity contribution in [3.05, 3.63) is 142 Å². The van der Waals surface area contributed by atoms with Gasteiger partial charge in [0, 0.05) is 10.0 Å². The van der Waals surface area contributed by atoms with Crippen molar-refractivity contribution in [1.29, 1.82) is 0 Å². The molecule has 1 atom stereocenters. The van der Waals surface area contributed by atoms with Crippen LogP contribution in [0.25, 0.3) is 39.2 Å². The Labute approximate surface area is 211 Å². The van der Waals surface area contributed by atoms with Crippen LogP contribution in [-0.2, 0) is 5.41 Å². The van der Waals surface area contributed by atoms with Gasteiger partial charge in [-0.05, 0) is 57.6 Å². The lowest BCUT2D eigenvalue weighted by Gasteiger charge is -2.39. The summed E-state index contributed by atoms with van der Waals surface area (Å²) >= 11 is 3.79. The number of aromatic nitrogens is 2. The maximum atomic E-state index is 5.19. The second-order valence-electron chi connectivity index (χ2n) is 9.31. The van der Waals surface area contributed by atoms with Gasteiger partial charge in [0.2, 0.25) is 0 Å². The topological polar surface area (TPSA) is 17.8 Å². The molecule has 8 rings (SSSR count). The van der Waals surface area contributed by atoms with Crippen LogP contribution in [0.1, 0.15) is 22.3 Å². The number of fused-ring (bicyclic) bond motifs is 9. The average Bonchev–Trinajstić information content (AvgIpc) is 3.43. The number of hydrogen-bond acceptors (Lipinski definition) is 1. The van der Waals surface area contributed by atoms with Crippen LogP contribution in [0.15, 0.2) is 120 Å². The number of nitrogens with zero attached hydrogens (tertiary/aromatic N) is 2. The molecule has 0 bridgehead atoms. The summed E-state index contributed by atoms with van der Waals surface area (Å²) in [6, 6.07) is 41.6. The van der Waals surface area contributed by atoms with Crippen molar-refractivity contribution < 1.29 is 0 Å². The molecule has 35 heavy (non-hydrogen) atoms. The van der Waals surface area contributed by atoms with E-state index in [2.05, 4.69) is 136 Å². The monoisotopic (exact) mass is 510 g/mol. The van der Waals surface area contributed by atoms with Gasteiger partial charge < -0.3 is 0 Å². The largest absolute Gasteiger partial charge is 0.292 e. The SMILES string of the molecule is Brc1ccc2c(c1)C1(c3ccccc3-2)c2ccccc2-n2c(-c3ccccc3)nc3cccc1c32. The summed E-state index contributed by atoms with van der Waals surface area (Å²) in [5.41, 5.74) is 11.9. The van der Waals surface area contributed by atoms with E-state index in [1.165, 1.54) is 44.6 Å². The fraction of sp³-hybridized carbons (Fsp3) is 0.0312. The van der Waals surface area contributed by atoms with Crippen LogP contribution in [0.4, 0.5) is 0 Å². The van der Waals surface area contributed by atoms with Crippen molar-refractivity contribution in [3.8, 4) is 28.2 Å². The van der Waals surface area contributed by atoms with Crippen molar-refractivity contribution in [3.63, 3.8) is 0 Å². The fourth-order valence-corrected chi connectivity index (χ4v) is 6.77. The molecule has 3 heteroatoms. The Morgan fingerprint density at radius 1 is 0.600 bits per heavy atom. The Morgan fingerprint density at radius 3 is 2.20 bits per heavy atom. The fourth-order valence-electron chi connectivity index (χ4n) is 6.41. The minimum absolute atomic E-state index is 0.407. The van der Waals surface area contributed by atoms with E-state index < -0.39 is 5.41 Å². The molecule has 6 aromatic rings. The highest BCUT2D eigenvalue weighted by Crippen LogP contribution is 2.60. The third kappa shape index (κ3) is 2.32. The number of rotatable bonds is 1. The van der Waals surface area contributed by atoms with Crippen LogP contribution in [-0.4, -0.2) is 9.55 Å². The van der Waals surface area contributed by atoms with Gasteiger partial charge in [-0.2, -0.15) is 0 Å². The second kappa shape index (κ2) is 6.80. The van der Waals surface area contributed by atoms with Gasteiger partial charge in [0.05, 0.1) is 22.1 Å². The second-order valence-corrected chi connectivity index (χ2v) is 10.2. The van der Waals surface area contributed by atoms with E-state index in [9.17, 15) is 0 Å². The van der Waals surface area contributed by atoms with Crippen molar-refractivity contribution in [2.75, 3.05) is 0 Å². The van der Waals surface area contributed by atoms with E-state index in [1.54, 1.807) is 0 Å². The van der Waals surface area contributed by atoms with E-state index in [0.29, 0.717) is 0 Å². The predicted molar refractivity (Wildman–Crippen MR) is 145 cm³/mol. The molecule has 0 saturated heterocycles. The molecule has 5 aromatic carbocycles. The molecule has 1 aliphatic heterocycles. The number of imidazole rings is 1. The minimum Gasteiger partial charge on any atom is -0.292 e. The van der Waals surface area contributed by atoms with Gasteiger partial charge in [0.15, 0.2) is 0 Å². The predicted octanol–water partition coefficient (Wildman–Crippen LogP) is 8.13. The van der Waals surface area contributed by atoms with E-state index in [4.69, 9.17) is 4.98 Å². The Kier molecular flexibility index (Phi) is 3.76. The number of benzene rings is 5. The van der Waals surface area contributed by atoms with Gasteiger partial charge >= 0.3 is 0 Å². The molecule has 0 N–H and O–H groups in total. The molecule has 0 fully saturated rings. The van der Waals surface area contributed by atoms with Crippen molar-refractivity contribution in [2.24, 2.45) is 0 Å². The molecule has 1 unspecified atom stereocenters. The van der Waals surface area contributed by atoms with Crippen LogP contribution in [0.3, 0.4) is 0 Å². The lowest BCUT2D eigenvalue weighted by Crippen LogP contribution is -2.33. The van der Waals surface area contributed by atoms with Gasteiger partial charge in [0.25, 0.3) is 0 Å². The summed E-state index contributed by atoms with van der Waals surface area (Å²) in [5.74, 6) is 0.982. The van der Waals surface area contributed by atoms with Gasteiger partial charge in [-0.3, -0.25) is 4.57 Å². The molecule has 0 amide bonds. The molecule has 0 saturated carbocycles. The van der Waals surface area contributed by atoms with E-state index in [0.717, 1.165) is 21.4 Å². The highest BCUT2D eigenvalue weighted by molar-refractivity contribution is 9.10. The standard InChI is InChI=1S/C32H19BrN2/c33-21-17-18-23-22-11-4-5-12-24(22)32(27(23)19-21)25-13-6-7-16-29(25)35-30-26(32)14-8-15-28(30)34-31(35)20-9-2-1-3-10-20/h1-19H. The van der Waals surface area contributed by atoms with Gasteiger partial charge in [-0.15, -0.1) is 0 Å². The van der Waals surface area contributed by atoms with E-state index in [1.807, 2.05) is 0 Å². The summed E-state index contributed by atoms with van der Waals surface area (Å²) in [6.45, 7) is 0. The maximum absolute atomic E-state index is 5.19. The number of para-hydroxylation sites is 2. The quantitative estimate of drug-likeness (QED) is 0.218. The van der Waals surface area contributed by atoms with Crippen LogP contribution in [0.2, 0.25) is 0 Å². The molecular formula is C32H19BrN2. The molecule has 2 nitrogen and oxygen atoms in total.